The lowest BCUT2D eigenvalue weighted by Crippen LogP contribution is -2.30. The van der Waals surface area contributed by atoms with Crippen molar-refractivity contribution in [2.75, 3.05) is 6.61 Å². The average molecular weight is 420 g/mol. The van der Waals surface area contributed by atoms with Crippen LogP contribution in [0.15, 0.2) is 41.4 Å². The largest absolute Gasteiger partial charge is 0.394 e. The fourth-order valence-electron chi connectivity index (χ4n) is 3.78. The maximum atomic E-state index is 14.9. The van der Waals surface area contributed by atoms with Crippen LogP contribution in [0.2, 0.25) is 5.02 Å². The molecule has 3 aromatic heterocycles. The molecule has 4 aromatic rings. The van der Waals surface area contributed by atoms with Crippen molar-refractivity contribution in [1.82, 2.24) is 14.5 Å². The van der Waals surface area contributed by atoms with E-state index < -0.39 is 31.2 Å². The Morgan fingerprint density at radius 2 is 2.14 bits per heavy atom. The summed E-state index contributed by atoms with van der Waals surface area (Å²) in [7, 11) is 0. The van der Waals surface area contributed by atoms with Crippen LogP contribution in [-0.4, -0.2) is 49.7 Å². The molecule has 0 aliphatic carbocycles. The predicted molar refractivity (Wildman–Crippen MR) is 105 cm³/mol. The van der Waals surface area contributed by atoms with Crippen LogP contribution >= 0.6 is 22.9 Å². The molecule has 4 heterocycles. The summed E-state index contributed by atoms with van der Waals surface area (Å²) < 4.78 is 22.2. The van der Waals surface area contributed by atoms with Gasteiger partial charge in [0.2, 0.25) is 0 Å². The molecule has 1 saturated heterocycles. The number of aliphatic hydroxyl groups excluding tert-OH is 2. The van der Waals surface area contributed by atoms with Gasteiger partial charge in [-0.05, 0) is 29.6 Å². The molecule has 28 heavy (non-hydrogen) atoms. The van der Waals surface area contributed by atoms with Gasteiger partial charge in [-0.15, -0.1) is 0 Å². The van der Waals surface area contributed by atoms with Crippen molar-refractivity contribution in [1.29, 1.82) is 0 Å². The summed E-state index contributed by atoms with van der Waals surface area (Å²) in [5.41, 5.74) is 2.78. The Bertz CT molecular complexity index is 1170. The van der Waals surface area contributed by atoms with Crippen LogP contribution in [0.4, 0.5) is 4.39 Å². The van der Waals surface area contributed by atoms with Gasteiger partial charge in [-0.2, -0.15) is 11.3 Å². The number of aromatic nitrogens is 3. The Hall–Kier alpha value is -2.10. The van der Waals surface area contributed by atoms with E-state index in [4.69, 9.17) is 16.3 Å². The van der Waals surface area contributed by atoms with Gasteiger partial charge in [0.1, 0.15) is 24.2 Å². The zero-order valence-corrected chi connectivity index (χ0v) is 15.9. The molecular formula is C19H15ClFN3O3S. The number of halogens is 2. The summed E-state index contributed by atoms with van der Waals surface area (Å²) in [5.74, 6) is 0. The quantitative estimate of drug-likeness (QED) is 0.530. The lowest BCUT2D eigenvalue weighted by Gasteiger charge is -2.17. The van der Waals surface area contributed by atoms with Gasteiger partial charge in [-0.25, -0.2) is 14.4 Å². The first kappa shape index (κ1) is 18.0. The fourth-order valence-corrected chi connectivity index (χ4v) is 4.59. The van der Waals surface area contributed by atoms with Gasteiger partial charge in [0.15, 0.2) is 12.4 Å². The lowest BCUT2D eigenvalue weighted by atomic mass is 10.1. The van der Waals surface area contributed by atoms with Gasteiger partial charge >= 0.3 is 0 Å². The van der Waals surface area contributed by atoms with Crippen LogP contribution in [0.5, 0.6) is 0 Å². The minimum Gasteiger partial charge on any atom is -0.394 e. The maximum Gasteiger partial charge on any atom is 0.173 e. The number of nitrogens with zero attached hydrogens (tertiary/aromatic N) is 3. The summed E-state index contributed by atoms with van der Waals surface area (Å²) in [6.45, 7) is -0.476. The number of benzene rings is 1. The van der Waals surface area contributed by atoms with Crippen molar-refractivity contribution in [3.05, 3.63) is 46.4 Å². The molecular weight excluding hydrogens is 405 g/mol. The highest BCUT2D eigenvalue weighted by molar-refractivity contribution is 7.08. The first-order chi connectivity index (χ1) is 13.6. The van der Waals surface area contributed by atoms with E-state index in [0.717, 1.165) is 16.3 Å². The number of aliphatic hydroxyl groups is 2. The SMILES string of the molecule is OC[C@H]1O[C@@H](n2c3ccc(Cl)cc3c3c(-c4ccsc4)ncnc32)[C@@H](F)[C@@H]1O. The minimum atomic E-state index is -1.72. The van der Waals surface area contributed by atoms with E-state index in [1.165, 1.54) is 6.33 Å². The maximum absolute atomic E-state index is 14.9. The zero-order chi connectivity index (χ0) is 19.4. The Morgan fingerprint density at radius 1 is 1.29 bits per heavy atom. The summed E-state index contributed by atoms with van der Waals surface area (Å²) in [6, 6.07) is 7.22. The number of fused-ring (bicyclic) bond motifs is 3. The Labute approximate surface area is 167 Å². The standard InChI is InChI=1S/C19H15ClFN3O3S/c20-10-1-2-12-11(5-10)14-16(9-3-4-28-7-9)22-8-23-18(14)24(12)19-15(21)17(26)13(6-25)27-19/h1-5,7-8,13,15,17,19,25-26H,6H2/t13-,15+,17-,19-/m1/s1. The highest BCUT2D eigenvalue weighted by atomic mass is 35.5. The van der Waals surface area contributed by atoms with Crippen molar-refractivity contribution in [2.45, 2.75) is 24.6 Å². The summed E-state index contributed by atoms with van der Waals surface area (Å²) in [4.78, 5) is 8.84. The van der Waals surface area contributed by atoms with E-state index in [1.54, 1.807) is 34.1 Å². The van der Waals surface area contributed by atoms with Gasteiger partial charge in [-0.1, -0.05) is 11.6 Å². The number of hydrogen-bond donors (Lipinski definition) is 2. The van der Waals surface area contributed by atoms with E-state index in [1.807, 2.05) is 16.8 Å². The van der Waals surface area contributed by atoms with Crippen molar-refractivity contribution in [2.24, 2.45) is 0 Å². The molecule has 0 unspecified atom stereocenters. The zero-order valence-electron chi connectivity index (χ0n) is 14.4. The van der Waals surface area contributed by atoms with Crippen LogP contribution in [0.3, 0.4) is 0 Å². The number of thiophene rings is 1. The molecule has 0 saturated carbocycles. The molecule has 0 bridgehead atoms. The Kier molecular flexibility index (Phi) is 4.33. The van der Waals surface area contributed by atoms with Gasteiger partial charge < -0.3 is 14.9 Å². The summed E-state index contributed by atoms with van der Waals surface area (Å²) in [5, 5.41) is 25.5. The molecule has 0 spiro atoms. The number of alkyl halides is 1. The second-order valence-corrected chi connectivity index (χ2v) is 7.86. The first-order valence-electron chi connectivity index (χ1n) is 8.65. The van der Waals surface area contributed by atoms with Gasteiger partial charge in [0.05, 0.1) is 23.2 Å². The van der Waals surface area contributed by atoms with E-state index in [-0.39, 0.29) is 0 Å². The topological polar surface area (TPSA) is 80.4 Å². The van der Waals surface area contributed by atoms with Crippen LogP contribution in [-0.2, 0) is 4.74 Å². The molecule has 1 fully saturated rings. The van der Waals surface area contributed by atoms with Crippen LogP contribution in [0, 0.1) is 0 Å². The smallest absolute Gasteiger partial charge is 0.173 e. The van der Waals surface area contributed by atoms with Crippen LogP contribution in [0.25, 0.3) is 33.2 Å². The van der Waals surface area contributed by atoms with Crippen molar-refractivity contribution >= 4 is 44.9 Å². The molecule has 0 amide bonds. The summed E-state index contributed by atoms with van der Waals surface area (Å²) >= 11 is 7.79. The van der Waals surface area contributed by atoms with E-state index >= 15 is 0 Å². The monoisotopic (exact) mass is 419 g/mol. The van der Waals surface area contributed by atoms with Crippen LogP contribution < -0.4 is 0 Å². The fraction of sp³-hybridized carbons (Fsp3) is 0.263. The number of hydrogen-bond acceptors (Lipinski definition) is 6. The van der Waals surface area contributed by atoms with Crippen molar-refractivity contribution in [3.8, 4) is 11.3 Å². The van der Waals surface area contributed by atoms with Crippen molar-refractivity contribution in [3.63, 3.8) is 0 Å². The summed E-state index contributed by atoms with van der Waals surface area (Å²) in [6.07, 6.45) is -3.84. The Balaban J connectivity index is 1.84. The Morgan fingerprint density at radius 3 is 2.86 bits per heavy atom. The van der Waals surface area contributed by atoms with Crippen molar-refractivity contribution < 1.29 is 19.3 Å². The normalized spacial score (nSPS) is 25.1. The third kappa shape index (κ3) is 2.57. The molecule has 1 aromatic carbocycles. The molecule has 1 aliphatic rings. The van der Waals surface area contributed by atoms with E-state index in [0.29, 0.717) is 21.9 Å². The molecule has 2 N–H and O–H groups in total. The third-order valence-corrected chi connectivity index (χ3v) is 5.98. The first-order valence-corrected chi connectivity index (χ1v) is 9.97. The molecule has 6 nitrogen and oxygen atoms in total. The minimum absolute atomic E-state index is 0.476. The second kappa shape index (κ2) is 6.75. The van der Waals surface area contributed by atoms with Crippen LogP contribution in [0.1, 0.15) is 6.23 Å². The lowest BCUT2D eigenvalue weighted by molar-refractivity contribution is -0.0442. The van der Waals surface area contributed by atoms with Gasteiger partial charge in [-0.3, -0.25) is 4.57 Å². The number of rotatable bonds is 3. The molecule has 5 rings (SSSR count). The highest BCUT2D eigenvalue weighted by Gasteiger charge is 2.46. The molecule has 4 atom stereocenters. The number of ether oxygens (including phenoxy) is 1. The van der Waals surface area contributed by atoms with E-state index in [2.05, 4.69) is 9.97 Å². The molecule has 1 aliphatic heterocycles. The molecule has 0 radical (unpaired) electrons. The predicted octanol–water partition coefficient (Wildman–Crippen LogP) is 3.56. The van der Waals surface area contributed by atoms with E-state index in [9.17, 15) is 14.6 Å². The van der Waals surface area contributed by atoms with Gasteiger partial charge in [0.25, 0.3) is 0 Å². The third-order valence-electron chi connectivity index (χ3n) is 5.07. The highest BCUT2D eigenvalue weighted by Crippen LogP contribution is 2.41. The average Bonchev–Trinajstić information content (AvgIpc) is 3.40. The second-order valence-electron chi connectivity index (χ2n) is 6.65. The molecule has 9 heteroatoms. The molecule has 144 valence electrons. The van der Waals surface area contributed by atoms with Gasteiger partial charge in [0, 0.05) is 21.4 Å².